The maximum Gasteiger partial charge on any atom is 0.278 e. The molecule has 3 rings (SSSR count). The molecule has 9 heteroatoms. The van der Waals surface area contributed by atoms with Crippen molar-refractivity contribution in [2.24, 2.45) is 0 Å². The van der Waals surface area contributed by atoms with E-state index in [-0.39, 0.29) is 34.8 Å². The van der Waals surface area contributed by atoms with E-state index >= 15 is 0 Å². The van der Waals surface area contributed by atoms with E-state index in [4.69, 9.17) is 11.6 Å². The Morgan fingerprint density at radius 1 is 1.41 bits per heavy atom. The standard InChI is InChI=1S/C20H22ClFN4O2S/c1-4-12(3)26-19(28)18-16(7-11(2)24-18)25-20(26)29-10-17(27)23-9-13-5-6-14(22)8-15(13)21/h5-8,12,24H,4,9-10H2,1-3H3,(H,23,27)/t12-/m1/s1. The molecule has 29 heavy (non-hydrogen) atoms. The number of carbonyl (C=O) groups excluding carboxylic acids is 1. The van der Waals surface area contributed by atoms with Gasteiger partial charge < -0.3 is 10.3 Å². The molecule has 0 saturated carbocycles. The number of aromatic nitrogens is 3. The van der Waals surface area contributed by atoms with E-state index in [9.17, 15) is 14.0 Å². The molecule has 0 radical (unpaired) electrons. The number of hydrogen-bond donors (Lipinski definition) is 2. The number of benzene rings is 1. The van der Waals surface area contributed by atoms with E-state index in [1.165, 1.54) is 30.0 Å². The van der Waals surface area contributed by atoms with Crippen LogP contribution in [0.2, 0.25) is 5.02 Å². The van der Waals surface area contributed by atoms with Crippen LogP contribution in [0.15, 0.2) is 34.2 Å². The van der Waals surface area contributed by atoms with Crippen molar-refractivity contribution in [2.75, 3.05) is 5.75 Å². The van der Waals surface area contributed by atoms with Crippen LogP contribution >= 0.6 is 23.4 Å². The third-order valence-electron chi connectivity index (χ3n) is 4.64. The van der Waals surface area contributed by atoms with Crippen LogP contribution in [-0.4, -0.2) is 26.2 Å². The molecule has 2 heterocycles. The Kier molecular flexibility index (Phi) is 6.64. The third-order valence-corrected chi connectivity index (χ3v) is 5.95. The number of aromatic amines is 1. The van der Waals surface area contributed by atoms with Gasteiger partial charge in [-0.3, -0.25) is 14.2 Å². The molecule has 0 fully saturated rings. The number of thioether (sulfide) groups is 1. The Balaban J connectivity index is 1.75. The maximum absolute atomic E-state index is 13.1. The summed E-state index contributed by atoms with van der Waals surface area (Å²) in [4.78, 5) is 32.9. The maximum atomic E-state index is 13.1. The molecule has 1 atom stereocenters. The van der Waals surface area contributed by atoms with Gasteiger partial charge in [-0.15, -0.1) is 0 Å². The van der Waals surface area contributed by atoms with Gasteiger partial charge in [0.15, 0.2) is 5.16 Å². The molecular formula is C20H22ClFN4O2S. The zero-order valence-corrected chi connectivity index (χ0v) is 18.0. The average molecular weight is 437 g/mol. The minimum atomic E-state index is -0.426. The van der Waals surface area contributed by atoms with Crippen molar-refractivity contribution < 1.29 is 9.18 Å². The summed E-state index contributed by atoms with van der Waals surface area (Å²) in [6.45, 7) is 6.01. The SMILES string of the molecule is CC[C@@H](C)n1c(SCC(=O)NCc2ccc(F)cc2Cl)nc2cc(C)[nH]c2c1=O. The van der Waals surface area contributed by atoms with E-state index in [1.807, 2.05) is 26.8 Å². The van der Waals surface area contributed by atoms with Gasteiger partial charge in [-0.2, -0.15) is 0 Å². The van der Waals surface area contributed by atoms with Gasteiger partial charge in [-0.1, -0.05) is 36.4 Å². The summed E-state index contributed by atoms with van der Waals surface area (Å²) >= 11 is 7.20. The van der Waals surface area contributed by atoms with Crippen LogP contribution in [0, 0.1) is 12.7 Å². The quantitative estimate of drug-likeness (QED) is 0.429. The first-order valence-electron chi connectivity index (χ1n) is 9.25. The molecule has 154 valence electrons. The van der Waals surface area contributed by atoms with Crippen molar-refractivity contribution in [1.82, 2.24) is 19.9 Å². The third kappa shape index (κ3) is 4.82. The second-order valence-corrected chi connectivity index (χ2v) is 8.19. The minimum absolute atomic E-state index is 0.0495. The molecule has 0 aliphatic heterocycles. The number of H-pyrrole nitrogens is 1. The first kappa shape index (κ1) is 21.4. The number of nitrogens with one attached hydrogen (secondary N) is 2. The molecule has 0 saturated heterocycles. The summed E-state index contributed by atoms with van der Waals surface area (Å²) in [6, 6.07) is 5.81. The average Bonchev–Trinajstić information content (AvgIpc) is 3.05. The predicted molar refractivity (Wildman–Crippen MR) is 114 cm³/mol. The van der Waals surface area contributed by atoms with Crippen LogP contribution in [0.5, 0.6) is 0 Å². The van der Waals surface area contributed by atoms with Crippen molar-refractivity contribution in [1.29, 1.82) is 0 Å². The minimum Gasteiger partial charge on any atom is -0.353 e. The van der Waals surface area contributed by atoms with Crippen molar-refractivity contribution in [3.05, 3.63) is 56.7 Å². The van der Waals surface area contributed by atoms with Crippen LogP contribution in [-0.2, 0) is 11.3 Å². The monoisotopic (exact) mass is 436 g/mol. The molecule has 2 aromatic heterocycles. The number of halogens is 2. The highest BCUT2D eigenvalue weighted by Crippen LogP contribution is 2.23. The van der Waals surface area contributed by atoms with Gasteiger partial charge >= 0.3 is 0 Å². The number of aryl methyl sites for hydroxylation is 1. The molecule has 2 N–H and O–H groups in total. The smallest absolute Gasteiger partial charge is 0.278 e. The van der Waals surface area contributed by atoms with Crippen molar-refractivity contribution in [3.63, 3.8) is 0 Å². The first-order chi connectivity index (χ1) is 13.8. The Hall–Kier alpha value is -2.32. The van der Waals surface area contributed by atoms with E-state index in [0.717, 1.165) is 12.1 Å². The molecule has 0 spiro atoms. The summed E-state index contributed by atoms with van der Waals surface area (Å²) in [5.41, 5.74) is 2.41. The highest BCUT2D eigenvalue weighted by atomic mass is 35.5. The first-order valence-corrected chi connectivity index (χ1v) is 10.6. The van der Waals surface area contributed by atoms with E-state index in [0.29, 0.717) is 21.8 Å². The van der Waals surface area contributed by atoms with Gasteiger partial charge in [-0.05, 0) is 44.0 Å². The Morgan fingerprint density at radius 2 is 2.17 bits per heavy atom. The summed E-state index contributed by atoms with van der Waals surface area (Å²) in [5.74, 6) is -0.563. The normalized spacial score (nSPS) is 12.3. The zero-order valence-electron chi connectivity index (χ0n) is 16.4. The number of fused-ring (bicyclic) bond motifs is 1. The molecule has 1 aromatic carbocycles. The second kappa shape index (κ2) is 9.00. The lowest BCUT2D eigenvalue weighted by molar-refractivity contribution is -0.118. The lowest BCUT2D eigenvalue weighted by Crippen LogP contribution is -2.28. The highest BCUT2D eigenvalue weighted by Gasteiger charge is 2.18. The Bertz CT molecular complexity index is 1110. The number of rotatable bonds is 7. The topological polar surface area (TPSA) is 79.8 Å². The van der Waals surface area contributed by atoms with Gasteiger partial charge in [0.25, 0.3) is 5.56 Å². The van der Waals surface area contributed by atoms with Gasteiger partial charge in [0.1, 0.15) is 11.3 Å². The Labute approximate surface area is 176 Å². The van der Waals surface area contributed by atoms with Crippen molar-refractivity contribution >= 4 is 40.3 Å². The number of hydrogen-bond acceptors (Lipinski definition) is 4. The fraction of sp³-hybridized carbons (Fsp3) is 0.350. The molecule has 0 unspecified atom stereocenters. The molecule has 3 aromatic rings. The van der Waals surface area contributed by atoms with Crippen LogP contribution in [0.4, 0.5) is 4.39 Å². The summed E-state index contributed by atoms with van der Waals surface area (Å²) in [7, 11) is 0. The van der Waals surface area contributed by atoms with Crippen LogP contribution in [0.25, 0.3) is 11.0 Å². The van der Waals surface area contributed by atoms with Gasteiger partial charge in [0, 0.05) is 23.3 Å². The fourth-order valence-corrected chi connectivity index (χ4v) is 4.06. The van der Waals surface area contributed by atoms with E-state index < -0.39 is 5.82 Å². The molecule has 6 nitrogen and oxygen atoms in total. The van der Waals surface area contributed by atoms with Crippen molar-refractivity contribution in [3.8, 4) is 0 Å². The van der Waals surface area contributed by atoms with Crippen LogP contribution < -0.4 is 10.9 Å². The highest BCUT2D eigenvalue weighted by molar-refractivity contribution is 7.99. The van der Waals surface area contributed by atoms with E-state index in [1.54, 1.807) is 4.57 Å². The summed E-state index contributed by atoms with van der Waals surface area (Å²) in [6.07, 6.45) is 0.760. The van der Waals surface area contributed by atoms with Gasteiger partial charge in [0.05, 0.1) is 11.3 Å². The lowest BCUT2D eigenvalue weighted by atomic mass is 10.2. The Morgan fingerprint density at radius 3 is 2.86 bits per heavy atom. The van der Waals surface area contributed by atoms with Crippen LogP contribution in [0.1, 0.15) is 37.6 Å². The molecular weight excluding hydrogens is 415 g/mol. The lowest BCUT2D eigenvalue weighted by Gasteiger charge is -2.17. The molecule has 0 aliphatic carbocycles. The summed E-state index contributed by atoms with van der Waals surface area (Å²) in [5, 5.41) is 3.53. The predicted octanol–water partition coefficient (Wildman–Crippen LogP) is 4.21. The molecule has 1 amide bonds. The van der Waals surface area contributed by atoms with E-state index in [2.05, 4.69) is 15.3 Å². The zero-order chi connectivity index (χ0) is 21.1. The van der Waals surface area contributed by atoms with Crippen molar-refractivity contribution in [2.45, 2.75) is 44.9 Å². The summed E-state index contributed by atoms with van der Waals surface area (Å²) < 4.78 is 14.8. The molecule has 0 bridgehead atoms. The number of carbonyl (C=O) groups is 1. The number of amides is 1. The fourth-order valence-electron chi connectivity index (χ4n) is 2.90. The molecule has 0 aliphatic rings. The second-order valence-electron chi connectivity index (χ2n) is 6.84. The van der Waals surface area contributed by atoms with Gasteiger partial charge in [0.2, 0.25) is 5.91 Å². The van der Waals surface area contributed by atoms with Crippen LogP contribution in [0.3, 0.4) is 0 Å². The largest absolute Gasteiger partial charge is 0.353 e. The van der Waals surface area contributed by atoms with Gasteiger partial charge in [-0.25, -0.2) is 9.37 Å². The number of nitrogens with zero attached hydrogens (tertiary/aromatic N) is 2.